The van der Waals surface area contributed by atoms with Crippen LogP contribution in [0.1, 0.15) is 18.4 Å². The van der Waals surface area contributed by atoms with E-state index < -0.39 is 0 Å². The quantitative estimate of drug-likeness (QED) is 0.782. The molecule has 1 aromatic heterocycles. The van der Waals surface area contributed by atoms with Gasteiger partial charge in [-0.1, -0.05) is 12.2 Å². The molecule has 3 N–H and O–H groups in total. The molecule has 1 aliphatic rings. The standard InChI is InChI=1S/C12H17N3OS/c13-12(17)10-1-4-14-11(7-10)15-5-2-9(8-16)3-6-15/h1,4,7,9,16H,2-3,5-6,8H2,(H2,13,17). The summed E-state index contributed by atoms with van der Waals surface area (Å²) in [5.41, 5.74) is 6.46. The number of piperidine rings is 1. The lowest BCUT2D eigenvalue weighted by atomic mass is 9.98. The second kappa shape index (κ2) is 5.42. The zero-order valence-corrected chi connectivity index (χ0v) is 10.5. The summed E-state index contributed by atoms with van der Waals surface area (Å²) in [6.45, 7) is 2.15. The number of thiocarbonyl (C=S) groups is 1. The first-order valence-corrected chi connectivity index (χ1v) is 6.23. The van der Waals surface area contributed by atoms with Gasteiger partial charge in [-0.15, -0.1) is 0 Å². The first-order chi connectivity index (χ1) is 8.20. The van der Waals surface area contributed by atoms with Crippen molar-refractivity contribution in [2.45, 2.75) is 12.8 Å². The van der Waals surface area contributed by atoms with E-state index in [1.807, 2.05) is 12.1 Å². The minimum Gasteiger partial charge on any atom is -0.396 e. The lowest BCUT2D eigenvalue weighted by Crippen LogP contribution is -2.35. The van der Waals surface area contributed by atoms with Gasteiger partial charge in [0.05, 0.1) is 0 Å². The predicted molar refractivity (Wildman–Crippen MR) is 72.1 cm³/mol. The second-order valence-electron chi connectivity index (χ2n) is 4.38. The maximum atomic E-state index is 9.10. The number of rotatable bonds is 3. The van der Waals surface area contributed by atoms with Crippen molar-refractivity contribution in [3.63, 3.8) is 0 Å². The molecule has 1 aromatic rings. The Morgan fingerprint density at radius 3 is 2.82 bits per heavy atom. The largest absolute Gasteiger partial charge is 0.396 e. The molecule has 92 valence electrons. The van der Waals surface area contributed by atoms with Crippen molar-refractivity contribution in [2.75, 3.05) is 24.6 Å². The van der Waals surface area contributed by atoms with E-state index in [2.05, 4.69) is 9.88 Å². The summed E-state index contributed by atoms with van der Waals surface area (Å²) in [6, 6.07) is 3.76. The Balaban J connectivity index is 2.08. The van der Waals surface area contributed by atoms with Gasteiger partial charge in [0, 0.05) is 31.5 Å². The number of pyridine rings is 1. The van der Waals surface area contributed by atoms with Crippen molar-refractivity contribution < 1.29 is 5.11 Å². The first kappa shape index (κ1) is 12.3. The molecule has 1 fully saturated rings. The van der Waals surface area contributed by atoms with E-state index in [0.717, 1.165) is 37.3 Å². The first-order valence-electron chi connectivity index (χ1n) is 5.82. The molecular weight excluding hydrogens is 234 g/mol. The average Bonchev–Trinajstić information content (AvgIpc) is 2.39. The van der Waals surface area contributed by atoms with Gasteiger partial charge in [0.15, 0.2) is 0 Å². The third-order valence-corrected chi connectivity index (χ3v) is 3.46. The highest BCUT2D eigenvalue weighted by Gasteiger charge is 2.19. The van der Waals surface area contributed by atoms with Crippen LogP contribution in [0.3, 0.4) is 0 Å². The number of nitrogens with zero attached hydrogens (tertiary/aromatic N) is 2. The Morgan fingerprint density at radius 2 is 2.24 bits per heavy atom. The molecule has 0 aromatic carbocycles. The number of nitrogens with two attached hydrogens (primary N) is 1. The Bertz CT molecular complexity index is 402. The number of hydrogen-bond acceptors (Lipinski definition) is 4. The van der Waals surface area contributed by atoms with E-state index in [1.165, 1.54) is 0 Å². The van der Waals surface area contributed by atoms with E-state index in [-0.39, 0.29) is 6.61 Å². The van der Waals surface area contributed by atoms with Crippen LogP contribution in [-0.4, -0.2) is 34.8 Å². The van der Waals surface area contributed by atoms with Crippen molar-refractivity contribution >= 4 is 23.0 Å². The fourth-order valence-corrected chi connectivity index (χ4v) is 2.22. The molecule has 17 heavy (non-hydrogen) atoms. The molecule has 0 aliphatic carbocycles. The van der Waals surface area contributed by atoms with Crippen LogP contribution >= 0.6 is 12.2 Å². The summed E-state index contributed by atoms with van der Waals surface area (Å²) in [5.74, 6) is 1.36. The van der Waals surface area contributed by atoms with Crippen LogP contribution in [-0.2, 0) is 0 Å². The van der Waals surface area contributed by atoms with Crippen molar-refractivity contribution in [3.8, 4) is 0 Å². The van der Waals surface area contributed by atoms with Crippen molar-refractivity contribution in [1.82, 2.24) is 4.98 Å². The number of aliphatic hydroxyl groups excluding tert-OH is 1. The normalized spacial score (nSPS) is 17.1. The van der Waals surface area contributed by atoms with Crippen molar-refractivity contribution in [1.29, 1.82) is 0 Å². The summed E-state index contributed by atoms with van der Waals surface area (Å²) in [5, 5.41) is 9.10. The molecule has 2 heterocycles. The van der Waals surface area contributed by atoms with Gasteiger partial charge in [-0.25, -0.2) is 4.98 Å². The highest BCUT2D eigenvalue weighted by Crippen LogP contribution is 2.21. The molecule has 0 radical (unpaired) electrons. The van der Waals surface area contributed by atoms with E-state index in [4.69, 9.17) is 23.1 Å². The van der Waals surface area contributed by atoms with E-state index in [1.54, 1.807) is 6.20 Å². The van der Waals surface area contributed by atoms with Gasteiger partial charge < -0.3 is 15.7 Å². The Hall–Kier alpha value is -1.20. The summed E-state index contributed by atoms with van der Waals surface area (Å²) in [7, 11) is 0. The number of hydrogen-bond donors (Lipinski definition) is 2. The molecule has 0 saturated carbocycles. The Morgan fingerprint density at radius 1 is 1.53 bits per heavy atom. The van der Waals surface area contributed by atoms with Crippen molar-refractivity contribution in [3.05, 3.63) is 23.9 Å². The monoisotopic (exact) mass is 251 g/mol. The Labute approximate surface area is 106 Å². The highest BCUT2D eigenvalue weighted by molar-refractivity contribution is 7.80. The van der Waals surface area contributed by atoms with Gasteiger partial charge in [-0.2, -0.15) is 0 Å². The maximum absolute atomic E-state index is 9.10. The summed E-state index contributed by atoms with van der Waals surface area (Å²) in [6.07, 6.45) is 3.76. The fourth-order valence-electron chi connectivity index (χ4n) is 2.09. The maximum Gasteiger partial charge on any atom is 0.129 e. The Kier molecular flexibility index (Phi) is 3.91. The molecule has 0 unspecified atom stereocenters. The minimum absolute atomic E-state index is 0.286. The lowest BCUT2D eigenvalue weighted by Gasteiger charge is -2.32. The van der Waals surface area contributed by atoms with Crippen LogP contribution in [0.4, 0.5) is 5.82 Å². The van der Waals surface area contributed by atoms with Crippen molar-refractivity contribution in [2.24, 2.45) is 11.7 Å². The van der Waals surface area contributed by atoms with Crippen LogP contribution in [0, 0.1) is 5.92 Å². The molecule has 4 nitrogen and oxygen atoms in total. The molecule has 0 spiro atoms. The summed E-state index contributed by atoms with van der Waals surface area (Å²) in [4.78, 5) is 6.96. The van der Waals surface area contributed by atoms with Gasteiger partial charge in [-0.05, 0) is 30.9 Å². The van der Waals surface area contributed by atoms with Gasteiger partial charge in [-0.3, -0.25) is 0 Å². The SMILES string of the molecule is NC(=S)c1ccnc(N2CCC(CO)CC2)c1. The minimum atomic E-state index is 0.286. The molecule has 5 heteroatoms. The fraction of sp³-hybridized carbons (Fsp3) is 0.500. The predicted octanol–water partition coefficient (Wildman–Crippen LogP) is 0.925. The average molecular weight is 251 g/mol. The van der Waals surface area contributed by atoms with E-state index in [0.29, 0.717) is 10.9 Å². The third kappa shape index (κ3) is 2.92. The molecule has 1 aliphatic heterocycles. The van der Waals surface area contributed by atoms with Crippen LogP contribution in [0.5, 0.6) is 0 Å². The van der Waals surface area contributed by atoms with Crippen LogP contribution < -0.4 is 10.6 Å². The van der Waals surface area contributed by atoms with Crippen LogP contribution in [0.25, 0.3) is 0 Å². The van der Waals surface area contributed by atoms with Gasteiger partial charge in [0.25, 0.3) is 0 Å². The topological polar surface area (TPSA) is 62.4 Å². The number of aromatic nitrogens is 1. The van der Waals surface area contributed by atoms with Crippen LogP contribution in [0.15, 0.2) is 18.3 Å². The molecule has 1 saturated heterocycles. The third-order valence-electron chi connectivity index (χ3n) is 3.23. The summed E-state index contributed by atoms with van der Waals surface area (Å²) < 4.78 is 0. The molecule has 0 bridgehead atoms. The molecule has 0 amide bonds. The van der Waals surface area contributed by atoms with Gasteiger partial charge >= 0.3 is 0 Å². The summed E-state index contributed by atoms with van der Waals surface area (Å²) >= 11 is 4.96. The number of anilines is 1. The smallest absolute Gasteiger partial charge is 0.129 e. The van der Waals surface area contributed by atoms with E-state index in [9.17, 15) is 0 Å². The molecular formula is C12H17N3OS. The van der Waals surface area contributed by atoms with E-state index >= 15 is 0 Å². The number of aliphatic hydroxyl groups is 1. The van der Waals surface area contributed by atoms with Crippen LogP contribution in [0.2, 0.25) is 0 Å². The second-order valence-corrected chi connectivity index (χ2v) is 4.82. The van der Waals surface area contributed by atoms with Gasteiger partial charge in [0.2, 0.25) is 0 Å². The zero-order chi connectivity index (χ0) is 12.3. The highest BCUT2D eigenvalue weighted by atomic mass is 32.1. The molecule has 0 atom stereocenters. The van der Waals surface area contributed by atoms with Gasteiger partial charge in [0.1, 0.15) is 10.8 Å². The molecule has 2 rings (SSSR count). The zero-order valence-electron chi connectivity index (χ0n) is 9.67. The lowest BCUT2D eigenvalue weighted by molar-refractivity contribution is 0.203.